The minimum atomic E-state index is -0.156. The number of nitrogens with one attached hydrogen (secondary N) is 2. The summed E-state index contributed by atoms with van der Waals surface area (Å²) in [5.74, 6) is 1.83. The van der Waals surface area contributed by atoms with E-state index in [0.717, 1.165) is 41.9 Å². The van der Waals surface area contributed by atoms with Crippen molar-refractivity contribution in [3.05, 3.63) is 53.5 Å². The second-order valence-corrected chi connectivity index (χ2v) is 6.38. The second-order valence-electron chi connectivity index (χ2n) is 6.38. The Labute approximate surface area is 142 Å². The fourth-order valence-electron chi connectivity index (χ4n) is 2.99. The third-order valence-corrected chi connectivity index (χ3v) is 4.11. The largest absolute Gasteiger partial charge is 0.491 e. The van der Waals surface area contributed by atoms with Crippen LogP contribution in [0.1, 0.15) is 49.6 Å². The molecule has 2 amide bonds. The van der Waals surface area contributed by atoms with Gasteiger partial charge in [-0.3, -0.25) is 0 Å². The summed E-state index contributed by atoms with van der Waals surface area (Å²) >= 11 is 0. The molecule has 1 aromatic carbocycles. The highest BCUT2D eigenvalue weighted by Crippen LogP contribution is 2.30. The van der Waals surface area contributed by atoms with Crippen LogP contribution in [0.4, 0.5) is 4.79 Å². The summed E-state index contributed by atoms with van der Waals surface area (Å²) in [6, 6.07) is 9.61. The molecule has 1 heterocycles. The normalized spacial score (nSPS) is 16.5. The first-order valence-electron chi connectivity index (χ1n) is 8.48. The molecule has 1 aliphatic rings. The molecule has 1 aromatic heterocycles. The molecule has 128 valence electrons. The van der Waals surface area contributed by atoms with Crippen molar-refractivity contribution in [1.29, 1.82) is 0 Å². The lowest BCUT2D eigenvalue weighted by atomic mass is 9.93. The first kappa shape index (κ1) is 16.4. The Balaban J connectivity index is 1.50. The number of urea groups is 1. The second kappa shape index (κ2) is 7.43. The predicted molar refractivity (Wildman–Crippen MR) is 92.0 cm³/mol. The molecule has 0 saturated heterocycles. The number of hydrogen-bond donors (Lipinski definition) is 2. The number of hydrogen-bond acceptors (Lipinski definition) is 3. The molecule has 1 atom stereocenters. The van der Waals surface area contributed by atoms with Crippen molar-refractivity contribution >= 4 is 6.03 Å². The number of carbonyl (C=O) groups is 1. The lowest BCUT2D eigenvalue weighted by molar-refractivity contribution is 0.234. The number of ether oxygens (including phenoxy) is 1. The highest BCUT2D eigenvalue weighted by Gasteiger charge is 2.23. The average Bonchev–Trinajstić information content (AvgIpc) is 3.03. The Bertz CT molecular complexity index is 676. The van der Waals surface area contributed by atoms with E-state index in [1.807, 2.05) is 44.2 Å². The van der Waals surface area contributed by atoms with Crippen molar-refractivity contribution in [3.63, 3.8) is 0 Å². The van der Waals surface area contributed by atoms with Crippen LogP contribution in [0, 0.1) is 0 Å². The third kappa shape index (κ3) is 4.10. The van der Waals surface area contributed by atoms with Crippen LogP contribution >= 0.6 is 0 Å². The van der Waals surface area contributed by atoms with Crippen molar-refractivity contribution < 1.29 is 13.9 Å². The number of amides is 2. The number of furan rings is 1. The first-order valence-corrected chi connectivity index (χ1v) is 8.48. The number of carbonyl (C=O) groups excluding carboxylic acids is 1. The molecule has 0 fully saturated rings. The summed E-state index contributed by atoms with van der Waals surface area (Å²) in [5.41, 5.74) is 2.14. The van der Waals surface area contributed by atoms with E-state index < -0.39 is 0 Å². The van der Waals surface area contributed by atoms with Crippen LogP contribution in [-0.4, -0.2) is 12.1 Å². The van der Waals surface area contributed by atoms with Gasteiger partial charge in [-0.1, -0.05) is 12.1 Å². The van der Waals surface area contributed by atoms with Gasteiger partial charge >= 0.3 is 6.03 Å². The topological polar surface area (TPSA) is 63.5 Å². The standard InChI is InChI=1S/C19H24N2O3/c1-13(2)24-15-8-6-14(7-9-15)12-20-19(22)21-17-4-3-5-18-16(17)10-11-23-18/h6-11,13,17H,3-5,12H2,1-2H3,(H2,20,21,22). The Morgan fingerprint density at radius 3 is 2.83 bits per heavy atom. The SMILES string of the molecule is CC(C)Oc1ccc(CNC(=O)NC2CCCc3occc32)cc1. The van der Waals surface area contributed by atoms with Crippen molar-refractivity contribution in [3.8, 4) is 5.75 Å². The minimum Gasteiger partial charge on any atom is -0.491 e. The Morgan fingerprint density at radius 1 is 1.29 bits per heavy atom. The van der Waals surface area contributed by atoms with E-state index in [1.54, 1.807) is 6.26 Å². The Kier molecular flexibility index (Phi) is 5.08. The summed E-state index contributed by atoms with van der Waals surface area (Å²) in [6.07, 6.45) is 4.78. The molecule has 2 N–H and O–H groups in total. The molecular formula is C19H24N2O3. The number of benzene rings is 1. The molecule has 5 nitrogen and oxygen atoms in total. The maximum Gasteiger partial charge on any atom is 0.315 e. The van der Waals surface area contributed by atoms with Gasteiger partial charge < -0.3 is 19.8 Å². The fourth-order valence-corrected chi connectivity index (χ4v) is 2.99. The van der Waals surface area contributed by atoms with Crippen LogP contribution in [-0.2, 0) is 13.0 Å². The van der Waals surface area contributed by atoms with Crippen LogP contribution in [0.5, 0.6) is 5.75 Å². The van der Waals surface area contributed by atoms with Crippen molar-refractivity contribution in [2.24, 2.45) is 0 Å². The zero-order valence-electron chi connectivity index (χ0n) is 14.2. The van der Waals surface area contributed by atoms with Crippen LogP contribution in [0.2, 0.25) is 0 Å². The average molecular weight is 328 g/mol. The first-order chi connectivity index (χ1) is 11.6. The molecule has 0 radical (unpaired) electrons. The van der Waals surface area contributed by atoms with Crippen LogP contribution in [0.3, 0.4) is 0 Å². The highest BCUT2D eigenvalue weighted by molar-refractivity contribution is 5.74. The van der Waals surface area contributed by atoms with Crippen molar-refractivity contribution in [2.45, 2.75) is 51.8 Å². The van der Waals surface area contributed by atoms with Crippen LogP contribution in [0.25, 0.3) is 0 Å². The number of fused-ring (bicyclic) bond motifs is 1. The predicted octanol–water partition coefficient (Wildman–Crippen LogP) is 3.94. The Morgan fingerprint density at radius 2 is 2.08 bits per heavy atom. The van der Waals surface area contributed by atoms with E-state index in [1.165, 1.54) is 0 Å². The molecule has 0 spiro atoms. The summed E-state index contributed by atoms with van der Waals surface area (Å²) < 4.78 is 11.1. The summed E-state index contributed by atoms with van der Waals surface area (Å²) in [6.45, 7) is 4.48. The monoisotopic (exact) mass is 328 g/mol. The molecule has 3 rings (SSSR count). The highest BCUT2D eigenvalue weighted by atomic mass is 16.5. The van der Waals surface area contributed by atoms with Crippen molar-refractivity contribution in [1.82, 2.24) is 10.6 Å². The maximum absolute atomic E-state index is 12.2. The molecule has 0 aliphatic heterocycles. The number of aryl methyl sites for hydroxylation is 1. The van der Waals surface area contributed by atoms with E-state index in [-0.39, 0.29) is 18.2 Å². The summed E-state index contributed by atoms with van der Waals surface area (Å²) in [7, 11) is 0. The lowest BCUT2D eigenvalue weighted by Crippen LogP contribution is -2.38. The molecule has 0 bridgehead atoms. The number of rotatable bonds is 5. The van der Waals surface area contributed by atoms with E-state index in [2.05, 4.69) is 10.6 Å². The zero-order valence-corrected chi connectivity index (χ0v) is 14.2. The van der Waals surface area contributed by atoms with Gasteiger partial charge in [0, 0.05) is 18.5 Å². The van der Waals surface area contributed by atoms with Gasteiger partial charge in [-0.15, -0.1) is 0 Å². The van der Waals surface area contributed by atoms with E-state index in [9.17, 15) is 4.79 Å². The van der Waals surface area contributed by atoms with Gasteiger partial charge in [0.2, 0.25) is 0 Å². The van der Waals surface area contributed by atoms with E-state index >= 15 is 0 Å². The maximum atomic E-state index is 12.2. The van der Waals surface area contributed by atoms with Gasteiger partial charge in [0.05, 0.1) is 18.4 Å². The van der Waals surface area contributed by atoms with Gasteiger partial charge in [0.25, 0.3) is 0 Å². The van der Waals surface area contributed by atoms with Gasteiger partial charge in [-0.2, -0.15) is 0 Å². The van der Waals surface area contributed by atoms with E-state index in [0.29, 0.717) is 6.54 Å². The molecule has 2 aromatic rings. The molecule has 1 aliphatic carbocycles. The fraction of sp³-hybridized carbons (Fsp3) is 0.421. The molecule has 0 saturated carbocycles. The van der Waals surface area contributed by atoms with E-state index in [4.69, 9.17) is 9.15 Å². The Hall–Kier alpha value is -2.43. The van der Waals surface area contributed by atoms with Gasteiger partial charge in [0.1, 0.15) is 11.5 Å². The lowest BCUT2D eigenvalue weighted by Gasteiger charge is -2.22. The third-order valence-electron chi connectivity index (χ3n) is 4.11. The quantitative estimate of drug-likeness (QED) is 0.874. The van der Waals surface area contributed by atoms with Gasteiger partial charge in [0.15, 0.2) is 0 Å². The molecule has 24 heavy (non-hydrogen) atoms. The van der Waals surface area contributed by atoms with Crippen LogP contribution in [0.15, 0.2) is 41.0 Å². The zero-order chi connectivity index (χ0) is 16.9. The summed E-state index contributed by atoms with van der Waals surface area (Å²) in [5, 5.41) is 5.94. The summed E-state index contributed by atoms with van der Waals surface area (Å²) in [4.78, 5) is 12.2. The minimum absolute atomic E-state index is 0.0364. The molecule has 1 unspecified atom stereocenters. The molecule has 5 heteroatoms. The van der Waals surface area contributed by atoms with Crippen molar-refractivity contribution in [2.75, 3.05) is 0 Å². The van der Waals surface area contributed by atoms with Crippen LogP contribution < -0.4 is 15.4 Å². The smallest absolute Gasteiger partial charge is 0.315 e. The van der Waals surface area contributed by atoms with Gasteiger partial charge in [-0.25, -0.2) is 4.79 Å². The molecular weight excluding hydrogens is 304 g/mol. The van der Waals surface area contributed by atoms with Gasteiger partial charge in [-0.05, 0) is 50.5 Å².